The molecule has 1 amide bonds. The summed E-state index contributed by atoms with van der Waals surface area (Å²) in [5.41, 5.74) is 2.49. The van der Waals surface area contributed by atoms with Crippen molar-refractivity contribution in [1.82, 2.24) is 14.5 Å². The van der Waals surface area contributed by atoms with Crippen molar-refractivity contribution in [2.24, 2.45) is 0 Å². The zero-order valence-corrected chi connectivity index (χ0v) is 12.1. The van der Waals surface area contributed by atoms with Gasteiger partial charge < -0.3 is 5.32 Å². The summed E-state index contributed by atoms with van der Waals surface area (Å²) in [7, 11) is 0. The molecule has 5 nitrogen and oxygen atoms in total. The van der Waals surface area contributed by atoms with Gasteiger partial charge in [0, 0.05) is 30.4 Å². The van der Waals surface area contributed by atoms with Crippen molar-refractivity contribution in [2.45, 2.75) is 12.3 Å². The molecule has 0 radical (unpaired) electrons. The van der Waals surface area contributed by atoms with Gasteiger partial charge in [0.15, 0.2) is 0 Å². The SMILES string of the molecule is O=C1CC(c2cccnc2)c2ncn(-c3ccc(F)cc3)c2N1. The van der Waals surface area contributed by atoms with Crippen LogP contribution in [-0.2, 0) is 4.79 Å². The smallest absolute Gasteiger partial charge is 0.226 e. The molecule has 1 atom stereocenters. The van der Waals surface area contributed by atoms with Gasteiger partial charge in [-0.15, -0.1) is 0 Å². The van der Waals surface area contributed by atoms with Crippen molar-refractivity contribution in [3.05, 3.63) is 72.2 Å². The van der Waals surface area contributed by atoms with E-state index < -0.39 is 0 Å². The molecular weight excluding hydrogens is 295 g/mol. The molecule has 1 aromatic carbocycles. The summed E-state index contributed by atoms with van der Waals surface area (Å²) >= 11 is 0. The third kappa shape index (κ3) is 2.38. The number of benzene rings is 1. The van der Waals surface area contributed by atoms with E-state index in [1.165, 1.54) is 12.1 Å². The Morgan fingerprint density at radius 1 is 1.22 bits per heavy atom. The second kappa shape index (κ2) is 5.31. The number of amides is 1. The monoisotopic (exact) mass is 308 g/mol. The highest BCUT2D eigenvalue weighted by Crippen LogP contribution is 2.36. The summed E-state index contributed by atoms with van der Waals surface area (Å²) in [6.07, 6.45) is 5.43. The number of imidazole rings is 1. The average Bonchev–Trinajstić information content (AvgIpc) is 2.99. The summed E-state index contributed by atoms with van der Waals surface area (Å²) in [4.78, 5) is 20.7. The van der Waals surface area contributed by atoms with Gasteiger partial charge in [0.05, 0.1) is 5.69 Å². The number of carbonyl (C=O) groups is 1. The van der Waals surface area contributed by atoms with Crippen molar-refractivity contribution < 1.29 is 9.18 Å². The second-order valence-corrected chi connectivity index (χ2v) is 5.42. The van der Waals surface area contributed by atoms with Crippen LogP contribution < -0.4 is 5.32 Å². The maximum Gasteiger partial charge on any atom is 0.226 e. The average molecular weight is 308 g/mol. The third-order valence-corrected chi connectivity index (χ3v) is 3.96. The Morgan fingerprint density at radius 2 is 2.04 bits per heavy atom. The lowest BCUT2D eigenvalue weighted by Crippen LogP contribution is -2.24. The number of rotatable bonds is 2. The van der Waals surface area contributed by atoms with Crippen LogP contribution in [0.15, 0.2) is 55.1 Å². The van der Waals surface area contributed by atoms with Gasteiger partial charge in [0.25, 0.3) is 0 Å². The van der Waals surface area contributed by atoms with E-state index in [1.807, 2.05) is 12.1 Å². The number of anilines is 1. The van der Waals surface area contributed by atoms with E-state index >= 15 is 0 Å². The van der Waals surface area contributed by atoms with Crippen LogP contribution in [0.5, 0.6) is 0 Å². The topological polar surface area (TPSA) is 59.8 Å². The molecule has 4 rings (SSSR count). The van der Waals surface area contributed by atoms with Crippen molar-refractivity contribution >= 4 is 11.7 Å². The normalized spacial score (nSPS) is 16.7. The molecule has 114 valence electrons. The minimum atomic E-state index is -0.306. The number of carbonyl (C=O) groups excluding carboxylic acids is 1. The molecule has 1 unspecified atom stereocenters. The molecular formula is C17H13FN4O. The van der Waals surface area contributed by atoms with E-state index in [1.54, 1.807) is 35.4 Å². The summed E-state index contributed by atoms with van der Waals surface area (Å²) in [5, 5.41) is 2.87. The van der Waals surface area contributed by atoms with Crippen molar-refractivity contribution in [3.63, 3.8) is 0 Å². The molecule has 0 bridgehead atoms. The molecule has 0 spiro atoms. The predicted octanol–water partition coefficient (Wildman–Crippen LogP) is 2.88. The van der Waals surface area contributed by atoms with E-state index in [4.69, 9.17) is 0 Å². The molecule has 1 aliphatic heterocycles. The van der Waals surface area contributed by atoms with Crippen LogP contribution in [0.3, 0.4) is 0 Å². The quantitative estimate of drug-likeness (QED) is 0.792. The summed E-state index contributed by atoms with van der Waals surface area (Å²) < 4.78 is 14.9. The maximum absolute atomic E-state index is 13.1. The first kappa shape index (κ1) is 13.6. The van der Waals surface area contributed by atoms with Crippen LogP contribution in [0, 0.1) is 5.82 Å². The molecule has 1 aliphatic rings. The van der Waals surface area contributed by atoms with E-state index in [0.717, 1.165) is 16.9 Å². The highest BCUT2D eigenvalue weighted by Gasteiger charge is 2.31. The molecule has 3 aromatic rings. The number of pyridine rings is 1. The molecule has 0 fully saturated rings. The third-order valence-electron chi connectivity index (χ3n) is 3.96. The van der Waals surface area contributed by atoms with Crippen molar-refractivity contribution in [1.29, 1.82) is 0 Å². The Kier molecular flexibility index (Phi) is 3.15. The Balaban J connectivity index is 1.81. The maximum atomic E-state index is 13.1. The molecule has 23 heavy (non-hydrogen) atoms. The zero-order valence-electron chi connectivity index (χ0n) is 12.1. The van der Waals surface area contributed by atoms with Gasteiger partial charge in [0.1, 0.15) is 18.0 Å². The number of nitrogens with zero attached hydrogens (tertiary/aromatic N) is 3. The molecule has 2 aromatic heterocycles. The number of nitrogens with one attached hydrogen (secondary N) is 1. The van der Waals surface area contributed by atoms with Gasteiger partial charge in [-0.2, -0.15) is 0 Å². The molecule has 1 N–H and O–H groups in total. The van der Waals surface area contributed by atoms with Gasteiger partial charge in [0.2, 0.25) is 5.91 Å². The number of hydrogen-bond donors (Lipinski definition) is 1. The van der Waals surface area contributed by atoms with E-state index in [9.17, 15) is 9.18 Å². The lowest BCUT2D eigenvalue weighted by molar-refractivity contribution is -0.116. The Morgan fingerprint density at radius 3 is 2.78 bits per heavy atom. The number of halogens is 1. The second-order valence-electron chi connectivity index (χ2n) is 5.42. The van der Waals surface area contributed by atoms with Crippen molar-refractivity contribution in [3.8, 4) is 5.69 Å². The highest BCUT2D eigenvalue weighted by molar-refractivity contribution is 5.94. The number of fused-ring (bicyclic) bond motifs is 1. The Hall–Kier alpha value is -3.02. The highest BCUT2D eigenvalue weighted by atomic mass is 19.1. The van der Waals surface area contributed by atoms with E-state index in [2.05, 4.69) is 15.3 Å². The summed E-state index contributed by atoms with van der Waals surface area (Å²) in [6.45, 7) is 0. The van der Waals surface area contributed by atoms with Gasteiger partial charge in [-0.1, -0.05) is 6.07 Å². The summed E-state index contributed by atoms with van der Waals surface area (Å²) in [6, 6.07) is 9.85. The fourth-order valence-electron chi connectivity index (χ4n) is 2.86. The predicted molar refractivity (Wildman–Crippen MR) is 82.8 cm³/mol. The van der Waals surface area contributed by atoms with Gasteiger partial charge in [-0.05, 0) is 35.9 Å². The Labute approximate surface area is 131 Å². The molecule has 0 saturated heterocycles. The fraction of sp³-hybridized carbons (Fsp3) is 0.118. The molecule has 6 heteroatoms. The van der Waals surface area contributed by atoms with E-state index in [-0.39, 0.29) is 17.6 Å². The minimum absolute atomic E-state index is 0.0739. The van der Waals surface area contributed by atoms with Crippen LogP contribution in [0.1, 0.15) is 23.6 Å². The zero-order chi connectivity index (χ0) is 15.8. The Bertz CT molecular complexity index is 858. The minimum Gasteiger partial charge on any atom is -0.310 e. The van der Waals surface area contributed by atoms with Crippen LogP contribution >= 0.6 is 0 Å². The van der Waals surface area contributed by atoms with Crippen LogP contribution in [0.4, 0.5) is 10.2 Å². The lowest BCUT2D eigenvalue weighted by Gasteiger charge is -2.23. The summed E-state index contributed by atoms with van der Waals surface area (Å²) in [5.74, 6) is 0.117. The van der Waals surface area contributed by atoms with Crippen LogP contribution in [0.25, 0.3) is 5.69 Å². The molecule has 3 heterocycles. The van der Waals surface area contributed by atoms with Crippen LogP contribution in [-0.4, -0.2) is 20.4 Å². The molecule has 0 saturated carbocycles. The fourth-order valence-corrected chi connectivity index (χ4v) is 2.86. The lowest BCUT2D eigenvalue weighted by atomic mass is 9.91. The number of aromatic nitrogens is 3. The van der Waals surface area contributed by atoms with Gasteiger partial charge in [-0.25, -0.2) is 9.37 Å². The molecule has 0 aliphatic carbocycles. The first-order valence-electron chi connectivity index (χ1n) is 7.25. The first-order chi connectivity index (χ1) is 11.2. The standard InChI is InChI=1S/C17H13FN4O/c18-12-3-5-13(6-4-12)22-10-20-16-14(8-15(23)21-17(16)22)11-2-1-7-19-9-11/h1-7,9-10,14H,8H2,(H,21,23). The largest absolute Gasteiger partial charge is 0.310 e. The van der Waals surface area contributed by atoms with Crippen LogP contribution in [0.2, 0.25) is 0 Å². The van der Waals surface area contributed by atoms with E-state index in [0.29, 0.717) is 12.2 Å². The van der Waals surface area contributed by atoms with Gasteiger partial charge >= 0.3 is 0 Å². The first-order valence-corrected chi connectivity index (χ1v) is 7.25. The number of hydrogen-bond acceptors (Lipinski definition) is 3. The van der Waals surface area contributed by atoms with Crippen molar-refractivity contribution in [2.75, 3.05) is 5.32 Å². The van der Waals surface area contributed by atoms with Gasteiger partial charge in [-0.3, -0.25) is 14.3 Å².